The third-order valence-corrected chi connectivity index (χ3v) is 4.03. The van der Waals surface area contributed by atoms with E-state index in [0.717, 1.165) is 0 Å². The van der Waals surface area contributed by atoms with Gasteiger partial charge in [-0.25, -0.2) is 8.42 Å². The second-order valence-electron chi connectivity index (χ2n) is 3.89. The van der Waals surface area contributed by atoms with Crippen molar-refractivity contribution in [1.82, 2.24) is 5.32 Å². The van der Waals surface area contributed by atoms with Crippen LogP contribution in [0, 0.1) is 0 Å². The van der Waals surface area contributed by atoms with Crippen molar-refractivity contribution in [1.29, 1.82) is 0 Å². The summed E-state index contributed by atoms with van der Waals surface area (Å²) >= 11 is 5.76. The molecule has 0 amide bonds. The van der Waals surface area contributed by atoms with Crippen molar-refractivity contribution in [2.45, 2.75) is 24.8 Å². The molecule has 1 aromatic rings. The molecule has 0 radical (unpaired) electrons. The van der Waals surface area contributed by atoms with Crippen LogP contribution in [0.4, 0.5) is 0 Å². The molecule has 1 aromatic carbocycles. The minimum Gasteiger partial charge on any atom is -0.314 e. The zero-order chi connectivity index (χ0) is 12.2. The van der Waals surface area contributed by atoms with Crippen LogP contribution in [0.5, 0.6) is 0 Å². The lowest BCUT2D eigenvalue weighted by Crippen LogP contribution is -2.28. The van der Waals surface area contributed by atoms with Crippen molar-refractivity contribution in [3.05, 3.63) is 29.3 Å². The molecule has 5 heteroatoms. The maximum absolute atomic E-state index is 11.9. The average molecular weight is 262 g/mol. The molecule has 0 spiro atoms. The number of rotatable bonds is 5. The first-order chi connectivity index (χ1) is 7.42. The minimum absolute atomic E-state index is 0.0888. The number of halogens is 1. The second-order valence-corrected chi connectivity index (χ2v) is 6.43. The number of hydrogen-bond acceptors (Lipinski definition) is 3. The van der Waals surface area contributed by atoms with Crippen molar-refractivity contribution in [2.75, 3.05) is 12.3 Å². The summed E-state index contributed by atoms with van der Waals surface area (Å²) in [6.45, 7) is 4.41. The molecule has 0 atom stereocenters. The number of sulfone groups is 1. The van der Waals surface area contributed by atoms with Gasteiger partial charge in [-0.1, -0.05) is 31.5 Å². The van der Waals surface area contributed by atoms with E-state index in [2.05, 4.69) is 5.32 Å². The fourth-order valence-electron chi connectivity index (χ4n) is 1.26. The highest BCUT2D eigenvalue weighted by Crippen LogP contribution is 2.16. The molecule has 3 nitrogen and oxygen atoms in total. The molecule has 0 aliphatic rings. The molecule has 0 aromatic heterocycles. The van der Waals surface area contributed by atoms with Crippen LogP contribution in [0.15, 0.2) is 29.2 Å². The normalized spacial score (nSPS) is 12.0. The van der Waals surface area contributed by atoms with Gasteiger partial charge in [0.05, 0.1) is 10.6 Å². The molecule has 0 aliphatic carbocycles. The smallest absolute Gasteiger partial charge is 0.179 e. The van der Waals surface area contributed by atoms with Crippen LogP contribution < -0.4 is 5.32 Å². The lowest BCUT2D eigenvalue weighted by molar-refractivity contribution is 0.578. The summed E-state index contributed by atoms with van der Waals surface area (Å²) < 4.78 is 23.7. The zero-order valence-corrected chi connectivity index (χ0v) is 11.0. The van der Waals surface area contributed by atoms with Gasteiger partial charge in [0.2, 0.25) is 0 Å². The Morgan fingerprint density at radius 1 is 1.38 bits per heavy atom. The number of nitrogens with one attached hydrogen (secondary N) is 1. The Morgan fingerprint density at radius 2 is 2.06 bits per heavy atom. The summed E-state index contributed by atoms with van der Waals surface area (Å²) in [5, 5.41) is 3.52. The molecule has 1 N–H and O–H groups in total. The van der Waals surface area contributed by atoms with Gasteiger partial charge < -0.3 is 5.32 Å². The van der Waals surface area contributed by atoms with Crippen LogP contribution >= 0.6 is 11.6 Å². The van der Waals surface area contributed by atoms with Gasteiger partial charge >= 0.3 is 0 Å². The van der Waals surface area contributed by atoms with Crippen molar-refractivity contribution in [2.24, 2.45) is 0 Å². The molecule has 1 rings (SSSR count). The van der Waals surface area contributed by atoms with Crippen LogP contribution in [-0.2, 0) is 9.84 Å². The van der Waals surface area contributed by atoms with E-state index in [-0.39, 0.29) is 16.7 Å². The van der Waals surface area contributed by atoms with Crippen molar-refractivity contribution in [3.8, 4) is 0 Å². The predicted octanol–water partition coefficient (Wildman–Crippen LogP) is 2.11. The highest BCUT2D eigenvalue weighted by Gasteiger charge is 2.14. The fourth-order valence-corrected chi connectivity index (χ4v) is 2.73. The van der Waals surface area contributed by atoms with Crippen molar-refractivity contribution in [3.63, 3.8) is 0 Å². The quantitative estimate of drug-likeness (QED) is 0.883. The molecule has 0 heterocycles. The molecule has 0 saturated heterocycles. The van der Waals surface area contributed by atoms with Crippen LogP contribution in [0.3, 0.4) is 0 Å². The molecular weight excluding hydrogens is 246 g/mol. The predicted molar refractivity (Wildman–Crippen MR) is 66.6 cm³/mol. The van der Waals surface area contributed by atoms with E-state index in [4.69, 9.17) is 11.6 Å². The number of hydrogen-bond donors (Lipinski definition) is 1. The van der Waals surface area contributed by atoms with Gasteiger partial charge in [0.25, 0.3) is 0 Å². The monoisotopic (exact) mass is 261 g/mol. The molecular formula is C11H16ClNO2S. The van der Waals surface area contributed by atoms with E-state index in [1.54, 1.807) is 18.2 Å². The van der Waals surface area contributed by atoms with Gasteiger partial charge in [0.15, 0.2) is 9.84 Å². The average Bonchev–Trinajstić information content (AvgIpc) is 2.16. The maximum atomic E-state index is 11.9. The summed E-state index contributed by atoms with van der Waals surface area (Å²) in [5.41, 5.74) is 0. The van der Waals surface area contributed by atoms with Crippen LogP contribution in [0.2, 0.25) is 5.02 Å². The highest BCUT2D eigenvalue weighted by atomic mass is 35.5. The van der Waals surface area contributed by atoms with Gasteiger partial charge in [-0.05, 0) is 18.2 Å². The van der Waals surface area contributed by atoms with E-state index in [9.17, 15) is 8.42 Å². The van der Waals surface area contributed by atoms with Crippen LogP contribution in [0.25, 0.3) is 0 Å². The Balaban J connectivity index is 2.71. The van der Waals surface area contributed by atoms with E-state index >= 15 is 0 Å². The van der Waals surface area contributed by atoms with Gasteiger partial charge in [-0.2, -0.15) is 0 Å². The standard InChI is InChI=1S/C11H16ClNO2S/c1-9(2)13-6-7-16(14,15)11-5-3-4-10(12)8-11/h3-5,8-9,13H,6-7H2,1-2H3. The molecule has 0 bridgehead atoms. The summed E-state index contributed by atoms with van der Waals surface area (Å²) in [7, 11) is -3.23. The third-order valence-electron chi connectivity index (χ3n) is 2.08. The van der Waals surface area contributed by atoms with Crippen LogP contribution in [0.1, 0.15) is 13.8 Å². The number of benzene rings is 1. The fraction of sp³-hybridized carbons (Fsp3) is 0.455. The first-order valence-corrected chi connectivity index (χ1v) is 7.16. The van der Waals surface area contributed by atoms with Crippen molar-refractivity contribution >= 4 is 21.4 Å². The van der Waals surface area contributed by atoms with Gasteiger partial charge in [-0.3, -0.25) is 0 Å². The van der Waals surface area contributed by atoms with Gasteiger partial charge in [0.1, 0.15) is 0 Å². The Morgan fingerprint density at radius 3 is 2.62 bits per heavy atom. The molecule has 0 unspecified atom stereocenters. The topological polar surface area (TPSA) is 46.2 Å². The molecule has 90 valence electrons. The van der Waals surface area contributed by atoms with E-state index in [0.29, 0.717) is 11.6 Å². The van der Waals surface area contributed by atoms with Gasteiger partial charge in [0, 0.05) is 17.6 Å². The summed E-state index contributed by atoms with van der Waals surface area (Å²) in [6, 6.07) is 6.63. The largest absolute Gasteiger partial charge is 0.314 e. The lowest BCUT2D eigenvalue weighted by atomic mass is 10.4. The maximum Gasteiger partial charge on any atom is 0.179 e. The first kappa shape index (κ1) is 13.5. The van der Waals surface area contributed by atoms with Gasteiger partial charge in [-0.15, -0.1) is 0 Å². The Kier molecular flexibility index (Phi) is 4.77. The summed E-state index contributed by atoms with van der Waals surface area (Å²) in [4.78, 5) is 0.283. The molecule has 0 saturated carbocycles. The molecule has 16 heavy (non-hydrogen) atoms. The Hall–Kier alpha value is -0.580. The molecule has 0 fully saturated rings. The van der Waals surface area contributed by atoms with Crippen LogP contribution in [-0.4, -0.2) is 26.8 Å². The summed E-state index contributed by atoms with van der Waals surface area (Å²) in [6.07, 6.45) is 0. The minimum atomic E-state index is -3.23. The van der Waals surface area contributed by atoms with Crippen molar-refractivity contribution < 1.29 is 8.42 Å². The lowest BCUT2D eigenvalue weighted by Gasteiger charge is -2.08. The van der Waals surface area contributed by atoms with E-state index in [1.807, 2.05) is 13.8 Å². The second kappa shape index (κ2) is 5.66. The first-order valence-electron chi connectivity index (χ1n) is 5.13. The Bertz CT molecular complexity index is 443. The highest BCUT2D eigenvalue weighted by molar-refractivity contribution is 7.91. The zero-order valence-electron chi connectivity index (χ0n) is 9.40. The SMILES string of the molecule is CC(C)NCCS(=O)(=O)c1cccc(Cl)c1. The molecule has 0 aliphatic heterocycles. The third kappa shape index (κ3) is 4.12. The van der Waals surface area contributed by atoms with E-state index < -0.39 is 9.84 Å². The van der Waals surface area contributed by atoms with E-state index in [1.165, 1.54) is 6.07 Å². The summed E-state index contributed by atoms with van der Waals surface area (Å²) in [5.74, 6) is 0.0888. The Labute approximate surface area is 102 Å².